The van der Waals surface area contributed by atoms with Gasteiger partial charge in [0.05, 0.1) is 13.2 Å². The molecule has 0 fully saturated rings. The molecule has 0 atom stereocenters. The van der Waals surface area contributed by atoms with Crippen LogP contribution >= 0.6 is 24.0 Å². The number of aliphatic imine (C=N–C) groups is 1. The van der Waals surface area contributed by atoms with E-state index in [1.165, 1.54) is 30.3 Å². The van der Waals surface area contributed by atoms with Crippen LogP contribution in [0.1, 0.15) is 11.1 Å². The molecule has 0 unspecified atom stereocenters. The van der Waals surface area contributed by atoms with Crippen molar-refractivity contribution in [2.24, 2.45) is 10.7 Å². The number of halogens is 5. The lowest BCUT2D eigenvalue weighted by Crippen LogP contribution is -2.22. The lowest BCUT2D eigenvalue weighted by atomic mass is 10.1. The van der Waals surface area contributed by atoms with Gasteiger partial charge in [-0.2, -0.15) is 0 Å². The van der Waals surface area contributed by atoms with E-state index in [1.54, 1.807) is 0 Å². The molecule has 0 radical (unpaired) electrons. The van der Waals surface area contributed by atoms with Gasteiger partial charge in [-0.15, -0.1) is 37.1 Å². The topological polar surface area (TPSA) is 79.9 Å². The Balaban J connectivity index is 0.00000338. The molecule has 142 valence electrons. The Labute approximate surface area is 163 Å². The minimum atomic E-state index is -4.75. The van der Waals surface area contributed by atoms with Gasteiger partial charge >= 0.3 is 6.36 Å². The van der Waals surface area contributed by atoms with Gasteiger partial charge in [-0.05, 0) is 42.0 Å². The smallest absolute Gasteiger partial charge is 0.406 e. The number of aliphatic hydroxyl groups is 1. The SMILES string of the molecule is I.NC(=NCc1ccc(F)c(CO)c1)Nc1ccc(OC(F)(F)F)cc1. The Kier molecular flexibility index (Phi) is 8.08. The zero-order valence-electron chi connectivity index (χ0n) is 13.3. The van der Waals surface area contributed by atoms with Crippen LogP contribution in [0.2, 0.25) is 0 Å². The van der Waals surface area contributed by atoms with Crippen molar-refractivity contribution in [3.63, 3.8) is 0 Å². The van der Waals surface area contributed by atoms with Gasteiger partial charge in [0.1, 0.15) is 11.6 Å². The molecule has 0 aliphatic rings. The predicted molar refractivity (Wildman–Crippen MR) is 99.8 cm³/mol. The molecule has 4 N–H and O–H groups in total. The maximum absolute atomic E-state index is 13.3. The first-order chi connectivity index (χ1) is 11.8. The third-order valence-corrected chi connectivity index (χ3v) is 3.07. The first kappa shape index (κ1) is 22.0. The van der Waals surface area contributed by atoms with Gasteiger partial charge in [-0.1, -0.05) is 6.07 Å². The second-order valence-electron chi connectivity index (χ2n) is 4.98. The number of nitrogens with two attached hydrogens (primary N) is 1. The molecule has 0 saturated heterocycles. The summed E-state index contributed by atoms with van der Waals surface area (Å²) in [5, 5.41) is 11.7. The second-order valence-corrected chi connectivity index (χ2v) is 4.98. The summed E-state index contributed by atoms with van der Waals surface area (Å²) in [5.74, 6) is -0.835. The number of nitrogens with one attached hydrogen (secondary N) is 1. The number of ether oxygens (including phenoxy) is 1. The number of nitrogens with zero attached hydrogens (tertiary/aromatic N) is 1. The van der Waals surface area contributed by atoms with Crippen LogP contribution < -0.4 is 15.8 Å². The molecule has 0 bridgehead atoms. The number of guanidine groups is 1. The maximum atomic E-state index is 13.3. The summed E-state index contributed by atoms with van der Waals surface area (Å²) in [4.78, 5) is 4.04. The van der Waals surface area contributed by atoms with Crippen LogP contribution in [-0.4, -0.2) is 17.4 Å². The van der Waals surface area contributed by atoms with Gasteiger partial charge in [-0.3, -0.25) is 0 Å². The Morgan fingerprint density at radius 1 is 1.15 bits per heavy atom. The van der Waals surface area contributed by atoms with Crippen molar-refractivity contribution < 1.29 is 27.4 Å². The zero-order chi connectivity index (χ0) is 18.4. The lowest BCUT2D eigenvalue weighted by molar-refractivity contribution is -0.274. The molecule has 0 saturated carbocycles. The van der Waals surface area contributed by atoms with Crippen molar-refractivity contribution >= 4 is 35.6 Å². The Bertz CT molecular complexity index is 752. The Morgan fingerprint density at radius 3 is 2.38 bits per heavy atom. The Morgan fingerprint density at radius 2 is 1.81 bits per heavy atom. The van der Waals surface area contributed by atoms with E-state index in [-0.39, 0.29) is 47.8 Å². The van der Waals surface area contributed by atoms with Gasteiger partial charge in [-0.25, -0.2) is 9.38 Å². The summed E-state index contributed by atoms with van der Waals surface area (Å²) in [5.41, 5.74) is 6.92. The number of anilines is 1. The molecular weight excluding hydrogens is 469 g/mol. The average molecular weight is 485 g/mol. The number of hydrogen-bond acceptors (Lipinski definition) is 3. The molecule has 5 nitrogen and oxygen atoms in total. The van der Waals surface area contributed by atoms with Crippen molar-refractivity contribution in [3.8, 4) is 5.75 Å². The van der Waals surface area contributed by atoms with Crippen LogP contribution in [0.3, 0.4) is 0 Å². The van der Waals surface area contributed by atoms with Crippen LogP contribution in [-0.2, 0) is 13.2 Å². The fourth-order valence-corrected chi connectivity index (χ4v) is 1.95. The highest BCUT2D eigenvalue weighted by Gasteiger charge is 2.30. The van der Waals surface area contributed by atoms with E-state index in [4.69, 9.17) is 10.8 Å². The first-order valence-corrected chi connectivity index (χ1v) is 7.08. The summed E-state index contributed by atoms with van der Waals surface area (Å²) >= 11 is 0. The predicted octanol–water partition coefficient (Wildman–Crippen LogP) is 3.76. The average Bonchev–Trinajstić information content (AvgIpc) is 2.54. The number of benzene rings is 2. The fourth-order valence-electron chi connectivity index (χ4n) is 1.95. The van der Waals surface area contributed by atoms with Crippen molar-refractivity contribution in [3.05, 3.63) is 59.4 Å². The summed E-state index contributed by atoms with van der Waals surface area (Å²) in [7, 11) is 0. The minimum Gasteiger partial charge on any atom is -0.406 e. The molecule has 0 amide bonds. The van der Waals surface area contributed by atoms with E-state index in [1.807, 2.05) is 0 Å². The van der Waals surface area contributed by atoms with E-state index in [9.17, 15) is 17.6 Å². The van der Waals surface area contributed by atoms with Crippen molar-refractivity contribution in [2.75, 3.05) is 5.32 Å². The number of rotatable bonds is 5. The zero-order valence-corrected chi connectivity index (χ0v) is 15.6. The molecule has 0 aliphatic carbocycles. The van der Waals surface area contributed by atoms with Crippen LogP contribution in [0, 0.1) is 5.82 Å². The molecule has 0 heterocycles. The quantitative estimate of drug-likeness (QED) is 0.261. The maximum Gasteiger partial charge on any atom is 0.573 e. The molecule has 10 heteroatoms. The summed E-state index contributed by atoms with van der Waals surface area (Å²) in [6.45, 7) is -0.287. The third-order valence-electron chi connectivity index (χ3n) is 3.07. The van der Waals surface area contributed by atoms with Gasteiger partial charge in [0, 0.05) is 11.3 Å². The molecule has 0 spiro atoms. The normalized spacial score (nSPS) is 11.7. The van der Waals surface area contributed by atoms with Crippen molar-refractivity contribution in [1.82, 2.24) is 0 Å². The van der Waals surface area contributed by atoms with Gasteiger partial charge in [0.2, 0.25) is 0 Å². The summed E-state index contributed by atoms with van der Waals surface area (Å²) in [6.07, 6.45) is -4.75. The van der Waals surface area contributed by atoms with Gasteiger partial charge in [0.15, 0.2) is 5.96 Å². The Hall–Kier alpha value is -2.08. The molecule has 0 aromatic heterocycles. The van der Waals surface area contributed by atoms with Crippen LogP contribution in [0.25, 0.3) is 0 Å². The first-order valence-electron chi connectivity index (χ1n) is 7.08. The second kappa shape index (κ2) is 9.57. The van der Waals surface area contributed by atoms with Crippen LogP contribution in [0.15, 0.2) is 47.5 Å². The molecule has 2 aromatic rings. The molecule has 2 rings (SSSR count). The summed E-state index contributed by atoms with van der Waals surface area (Å²) in [6, 6.07) is 9.17. The number of hydrogen-bond donors (Lipinski definition) is 3. The largest absolute Gasteiger partial charge is 0.573 e. The van der Waals surface area contributed by atoms with E-state index < -0.39 is 18.8 Å². The highest BCUT2D eigenvalue weighted by molar-refractivity contribution is 14.0. The van der Waals surface area contributed by atoms with Gasteiger partial charge < -0.3 is 20.9 Å². The van der Waals surface area contributed by atoms with Crippen LogP contribution in [0.5, 0.6) is 5.75 Å². The monoisotopic (exact) mass is 485 g/mol. The number of alkyl halides is 3. The fraction of sp³-hybridized carbons (Fsp3) is 0.188. The van der Waals surface area contributed by atoms with Gasteiger partial charge in [0.25, 0.3) is 0 Å². The standard InChI is InChI=1S/C16H15F4N3O2.HI/c17-14-6-1-10(7-11(14)9-24)8-22-15(21)23-12-2-4-13(5-3-12)25-16(18,19)20;/h1-7,24H,8-9H2,(H3,21,22,23);1H. The van der Waals surface area contributed by atoms with Crippen molar-refractivity contribution in [1.29, 1.82) is 0 Å². The molecule has 26 heavy (non-hydrogen) atoms. The van der Waals surface area contributed by atoms with E-state index in [0.717, 1.165) is 12.1 Å². The highest BCUT2D eigenvalue weighted by atomic mass is 127. The van der Waals surface area contributed by atoms with E-state index in [2.05, 4.69) is 15.0 Å². The van der Waals surface area contributed by atoms with Crippen LogP contribution in [0.4, 0.5) is 23.2 Å². The molecular formula is C16H16F4IN3O2. The van der Waals surface area contributed by atoms with E-state index in [0.29, 0.717) is 11.3 Å². The lowest BCUT2D eigenvalue weighted by Gasteiger charge is -2.10. The highest BCUT2D eigenvalue weighted by Crippen LogP contribution is 2.23. The number of aliphatic hydroxyl groups excluding tert-OH is 1. The van der Waals surface area contributed by atoms with E-state index >= 15 is 0 Å². The van der Waals surface area contributed by atoms with Crippen molar-refractivity contribution in [2.45, 2.75) is 19.5 Å². The minimum absolute atomic E-state index is 0. The molecule has 0 aliphatic heterocycles. The summed E-state index contributed by atoms with van der Waals surface area (Å²) < 4.78 is 53.3. The molecule has 2 aromatic carbocycles. The third kappa shape index (κ3) is 7.04.